The number of phenols is 1. The highest BCUT2D eigenvalue weighted by molar-refractivity contribution is 6.32. The van der Waals surface area contributed by atoms with Crippen LogP contribution in [-0.2, 0) is 14.3 Å². The molecule has 2 aromatic carbocycles. The van der Waals surface area contributed by atoms with Crippen LogP contribution in [0.5, 0.6) is 17.5 Å². The molecule has 3 aliphatic carbocycles. The Morgan fingerprint density at radius 1 is 0.899 bits per heavy atom. The second-order valence-corrected chi connectivity index (χ2v) is 25.5. The third-order valence-electron chi connectivity index (χ3n) is 18.5. The fourth-order valence-corrected chi connectivity index (χ4v) is 14.1. The Hall–Kier alpha value is -5.73. The highest BCUT2D eigenvalue weighted by atomic mass is 35.5. The van der Waals surface area contributed by atoms with Gasteiger partial charge in [0.05, 0.1) is 31.1 Å². The van der Waals surface area contributed by atoms with Gasteiger partial charge in [-0.25, -0.2) is 19.6 Å². The lowest BCUT2D eigenvalue weighted by molar-refractivity contribution is -0.165. The number of carbonyl (C=O) groups excluding carboxylic acids is 4. The lowest BCUT2D eigenvalue weighted by atomic mass is 9.65. The normalized spacial score (nSPS) is 25.4. The van der Waals surface area contributed by atoms with E-state index < -0.39 is 23.5 Å². The van der Waals surface area contributed by atoms with Gasteiger partial charge in [-0.3, -0.25) is 29.6 Å². The number of methoxy groups -OCH3 is 1. The van der Waals surface area contributed by atoms with Crippen LogP contribution in [0.25, 0.3) is 22.2 Å². The molecule has 18 nitrogen and oxygen atoms in total. The van der Waals surface area contributed by atoms with Crippen molar-refractivity contribution in [3.63, 3.8) is 0 Å². The Labute approximate surface area is 466 Å². The molecule has 4 amide bonds. The number of rotatable bonds is 14. The first-order chi connectivity index (χ1) is 37.9. The van der Waals surface area contributed by atoms with E-state index in [1.807, 2.05) is 30.7 Å². The topological polar surface area (TPSA) is 195 Å². The van der Waals surface area contributed by atoms with Gasteiger partial charge in [0.1, 0.15) is 34.4 Å². The Morgan fingerprint density at radius 2 is 1.65 bits per heavy atom. The lowest BCUT2D eigenvalue weighted by Crippen LogP contribution is -2.54. The number of fused-ring (bicyclic) bond motifs is 3. The number of hydrazine groups is 1. The van der Waals surface area contributed by atoms with E-state index in [4.69, 9.17) is 35.8 Å². The molecule has 2 bridgehead atoms. The molecule has 20 heteroatoms. The summed E-state index contributed by atoms with van der Waals surface area (Å²) in [7, 11) is 1.53. The van der Waals surface area contributed by atoms with Gasteiger partial charge in [0.25, 0.3) is 5.91 Å². The molecule has 4 unspecified atom stereocenters. The molecule has 3 saturated carbocycles. The van der Waals surface area contributed by atoms with Gasteiger partial charge in [-0.05, 0) is 157 Å². The van der Waals surface area contributed by atoms with Gasteiger partial charge in [-0.15, -0.1) is 0 Å². The minimum atomic E-state index is -0.628. The number of pyridine rings is 1. The van der Waals surface area contributed by atoms with Crippen molar-refractivity contribution < 1.29 is 42.9 Å². The smallest absolute Gasteiger partial charge is 0.328 e. The van der Waals surface area contributed by atoms with E-state index in [9.17, 15) is 24.3 Å². The maximum atomic E-state index is 17.3. The second kappa shape index (κ2) is 21.3. The van der Waals surface area contributed by atoms with Crippen LogP contribution in [0.3, 0.4) is 0 Å². The number of phenolic OH excluding ortho intramolecular Hbond substituents is 1. The number of nitrogens with one attached hydrogen (secondary N) is 2. The first kappa shape index (κ1) is 53.9. The van der Waals surface area contributed by atoms with E-state index in [1.165, 1.54) is 49.8 Å². The first-order valence-corrected chi connectivity index (χ1v) is 29.1. The van der Waals surface area contributed by atoms with E-state index in [1.54, 1.807) is 24.4 Å². The number of likely N-dealkylation sites (tertiary alicyclic amines) is 1. The molecule has 8 fully saturated rings. The van der Waals surface area contributed by atoms with E-state index in [-0.39, 0.29) is 82.4 Å². The molecule has 3 N–H and O–H groups in total. The van der Waals surface area contributed by atoms with Gasteiger partial charge in [-0.1, -0.05) is 11.6 Å². The van der Waals surface area contributed by atoms with Crippen LogP contribution in [0.2, 0.25) is 5.02 Å². The Balaban J connectivity index is 0.659. The molecular formula is C59H74ClFN10O8. The number of hydrogen-bond donors (Lipinski definition) is 3. The number of aromatic nitrogens is 3. The highest BCUT2D eigenvalue weighted by Gasteiger charge is 2.49. The average Bonchev–Trinajstić information content (AvgIpc) is 4.55. The van der Waals surface area contributed by atoms with Crippen LogP contribution in [0.4, 0.5) is 14.9 Å². The van der Waals surface area contributed by atoms with Crippen LogP contribution < -0.4 is 25.1 Å². The number of urea groups is 1. The summed E-state index contributed by atoms with van der Waals surface area (Å²) in [5.41, 5.74) is 6.10. The molecule has 422 valence electrons. The molecule has 12 rings (SSSR count). The van der Waals surface area contributed by atoms with Crippen molar-refractivity contribution in [2.45, 2.75) is 128 Å². The van der Waals surface area contributed by atoms with E-state index in [0.29, 0.717) is 77.2 Å². The summed E-state index contributed by atoms with van der Waals surface area (Å²) < 4.78 is 35.2. The molecule has 5 saturated heterocycles. The van der Waals surface area contributed by atoms with Crippen LogP contribution in [0, 0.1) is 28.5 Å². The lowest BCUT2D eigenvalue weighted by Gasteiger charge is -2.47. The monoisotopic (exact) mass is 1100 g/mol. The second-order valence-electron chi connectivity index (χ2n) is 25.1. The predicted molar refractivity (Wildman–Crippen MR) is 294 cm³/mol. The highest BCUT2D eigenvalue weighted by Crippen LogP contribution is 2.51. The van der Waals surface area contributed by atoms with E-state index in [0.717, 1.165) is 89.8 Å². The summed E-state index contributed by atoms with van der Waals surface area (Å²) in [6.07, 6.45) is 13.8. The van der Waals surface area contributed by atoms with Gasteiger partial charge < -0.3 is 34.0 Å². The molecule has 2 aromatic heterocycles. The zero-order valence-electron chi connectivity index (χ0n) is 46.0. The number of ether oxygens (including phenoxy) is 3. The summed E-state index contributed by atoms with van der Waals surface area (Å²) >= 11 is 6.69. The van der Waals surface area contributed by atoms with Crippen LogP contribution in [0.15, 0.2) is 36.5 Å². The number of nitrogens with zero attached hydrogens (tertiary/aromatic N) is 8. The standard InChI is InChI=1S/C59H74ClFN10O8/c1-57(2,3)79-54(75)52-37-11-20-71(52)66-43(27-37)49-41-31-62-50(40-29-39(72)30-42(60)47(40)36-5-6-36)48(61)51(41)65-55(64-49)78-34-59(15-16-59)33-68-25-23-67(24-26-68)32-35-9-13-58(14-10-35)17-21-69(22-18-58)53(74)38-7-8-45(77-4)44(28-38)70-19-12-46(73)63-56(70)76/h7-8,28-31,35-37,43,52,66,72H,5-6,9-27,32-34H2,1-4H3,(H,63,73,76). The SMILES string of the molecule is COc1ccc(C(=O)N2CCC3(CCC(CN4CCN(CC5(COc6nc(C7CC8CCN(N7)C8C(=O)OC(C)(C)C)c7cnc(-c8cc(O)cc(Cl)c8C8CC8)c(F)c7n6)CC5)CC4)CC3)CC2)cc1N1CCC(=O)NC1=O. The van der Waals surface area contributed by atoms with Crippen LogP contribution in [-0.4, -0.2) is 154 Å². The molecular weight excluding hydrogens is 1030 g/mol. The van der Waals surface area contributed by atoms with Crippen molar-refractivity contribution in [1.82, 2.24) is 45.4 Å². The van der Waals surface area contributed by atoms with Crippen molar-refractivity contribution >= 4 is 52.0 Å². The number of hydrogen-bond acceptors (Lipinski definition) is 15. The van der Waals surface area contributed by atoms with Crippen molar-refractivity contribution in [2.75, 3.05) is 84.1 Å². The van der Waals surface area contributed by atoms with E-state index >= 15 is 4.39 Å². The molecule has 5 aliphatic heterocycles. The Morgan fingerprint density at radius 3 is 2.33 bits per heavy atom. The molecule has 79 heavy (non-hydrogen) atoms. The first-order valence-electron chi connectivity index (χ1n) is 28.7. The largest absolute Gasteiger partial charge is 0.508 e. The number of piperidine rings is 1. The summed E-state index contributed by atoms with van der Waals surface area (Å²) in [6, 6.07) is 7.01. The molecule has 8 aliphatic rings. The van der Waals surface area contributed by atoms with Gasteiger partial charge in [0, 0.05) is 105 Å². The summed E-state index contributed by atoms with van der Waals surface area (Å²) in [4.78, 5) is 74.9. The summed E-state index contributed by atoms with van der Waals surface area (Å²) in [5.74, 6) is -0.0254. The zero-order valence-corrected chi connectivity index (χ0v) is 46.7. The quantitative estimate of drug-likeness (QED) is 0.102. The molecule has 7 heterocycles. The molecule has 1 spiro atoms. The molecule has 0 radical (unpaired) electrons. The number of piperazine rings is 1. The third kappa shape index (κ3) is 11.2. The van der Waals surface area contributed by atoms with Gasteiger partial charge in [0.2, 0.25) is 5.91 Å². The minimum Gasteiger partial charge on any atom is -0.508 e. The number of anilines is 1. The van der Waals surface area contributed by atoms with Crippen LogP contribution >= 0.6 is 11.6 Å². The molecule has 4 atom stereocenters. The maximum Gasteiger partial charge on any atom is 0.328 e. The summed E-state index contributed by atoms with van der Waals surface area (Å²) in [5, 5.41) is 15.8. The number of halogens is 2. The number of amides is 4. The van der Waals surface area contributed by atoms with Gasteiger partial charge in [0.15, 0.2) is 5.82 Å². The number of imide groups is 1. The molecule has 4 aromatic rings. The van der Waals surface area contributed by atoms with E-state index in [2.05, 4.69) is 25.5 Å². The number of carbonyl (C=O) groups is 4. The van der Waals surface area contributed by atoms with Crippen molar-refractivity contribution in [3.05, 3.63) is 64.2 Å². The van der Waals surface area contributed by atoms with Crippen molar-refractivity contribution in [3.8, 4) is 28.8 Å². The zero-order chi connectivity index (χ0) is 55.0. The third-order valence-corrected chi connectivity index (χ3v) is 18.8. The Kier molecular flexibility index (Phi) is 14.5. The maximum absolute atomic E-state index is 17.3. The number of aromatic hydroxyl groups is 1. The fraction of sp³-hybridized carbons (Fsp3) is 0.610. The summed E-state index contributed by atoms with van der Waals surface area (Å²) in [6.45, 7) is 14.3. The van der Waals surface area contributed by atoms with Gasteiger partial charge in [-0.2, -0.15) is 9.97 Å². The average molecular weight is 1110 g/mol. The Bertz CT molecular complexity index is 3020. The van der Waals surface area contributed by atoms with Crippen molar-refractivity contribution in [2.24, 2.45) is 22.7 Å². The number of benzene rings is 2. The van der Waals surface area contributed by atoms with Crippen LogP contribution in [0.1, 0.15) is 138 Å². The fourth-order valence-electron chi connectivity index (χ4n) is 13.7. The van der Waals surface area contributed by atoms with Crippen molar-refractivity contribution in [1.29, 1.82) is 0 Å². The van der Waals surface area contributed by atoms with Gasteiger partial charge >= 0.3 is 18.0 Å². The number of esters is 1. The minimum absolute atomic E-state index is 0.000840. The predicted octanol–water partition coefficient (Wildman–Crippen LogP) is 8.39.